The highest BCUT2D eigenvalue weighted by atomic mass is 32.2. The predicted molar refractivity (Wildman–Crippen MR) is 128 cm³/mol. The Hall–Kier alpha value is -2.81. The molecule has 0 unspecified atom stereocenters. The fourth-order valence-electron chi connectivity index (χ4n) is 3.42. The molecule has 0 aliphatic rings. The van der Waals surface area contributed by atoms with Crippen LogP contribution in [-0.2, 0) is 29.5 Å². The van der Waals surface area contributed by atoms with Crippen LogP contribution < -0.4 is 4.74 Å². The van der Waals surface area contributed by atoms with Gasteiger partial charge in [-0.15, -0.1) is 0 Å². The van der Waals surface area contributed by atoms with E-state index in [9.17, 15) is 13.5 Å². The van der Waals surface area contributed by atoms with Gasteiger partial charge in [0.05, 0.1) is 7.11 Å². The predicted octanol–water partition coefficient (Wildman–Crippen LogP) is 3.81. The topological polar surface area (TPSA) is 92.6 Å². The first-order valence-electron chi connectivity index (χ1n) is 10.9. The number of aryl methyl sites for hydroxylation is 2. The van der Waals surface area contributed by atoms with Crippen LogP contribution >= 0.6 is 0 Å². The van der Waals surface area contributed by atoms with Gasteiger partial charge in [0.2, 0.25) is 10.0 Å². The molecule has 0 spiro atoms. The molecule has 7 nitrogen and oxygen atoms in total. The third kappa shape index (κ3) is 6.16. The summed E-state index contributed by atoms with van der Waals surface area (Å²) < 4.78 is 33.9. The molecule has 33 heavy (non-hydrogen) atoms. The van der Waals surface area contributed by atoms with Gasteiger partial charge in [-0.2, -0.15) is 4.31 Å². The summed E-state index contributed by atoms with van der Waals surface area (Å²) in [5.41, 5.74) is 3.71. The number of hydrogen-bond donors (Lipinski definition) is 1. The number of sulfonamides is 1. The molecule has 1 aromatic heterocycles. The van der Waals surface area contributed by atoms with Gasteiger partial charge in [0.1, 0.15) is 17.1 Å². The second-order valence-corrected chi connectivity index (χ2v) is 10.4. The number of rotatable bonds is 10. The Morgan fingerprint density at radius 3 is 1.91 bits per heavy atom. The molecule has 2 atom stereocenters. The molecular formula is C25H31N3O4S. The number of nitrogens with zero attached hydrogens (tertiary/aromatic N) is 3. The minimum Gasteiger partial charge on any atom is -0.497 e. The molecule has 1 heterocycles. The maximum absolute atomic E-state index is 13.7. The second kappa shape index (κ2) is 10.9. The maximum atomic E-state index is 13.7. The summed E-state index contributed by atoms with van der Waals surface area (Å²) in [5.74, 6) is 0.789. The molecule has 0 radical (unpaired) electrons. The zero-order valence-electron chi connectivity index (χ0n) is 19.5. The summed E-state index contributed by atoms with van der Waals surface area (Å²) in [6, 6.07) is 15.2. The third-order valence-corrected chi connectivity index (χ3v) is 7.82. The Kier molecular flexibility index (Phi) is 8.18. The molecule has 0 saturated carbocycles. The largest absolute Gasteiger partial charge is 0.497 e. The zero-order chi connectivity index (χ0) is 24.0. The van der Waals surface area contributed by atoms with Crippen molar-refractivity contribution in [3.63, 3.8) is 0 Å². The number of ether oxygens (including phenoxy) is 1. The quantitative estimate of drug-likeness (QED) is 0.485. The smallest absolute Gasteiger partial charge is 0.220 e. The normalized spacial score (nSPS) is 13.6. The minimum absolute atomic E-state index is 0.0911. The van der Waals surface area contributed by atoms with E-state index in [2.05, 4.69) is 16.9 Å². The molecule has 3 aromatic rings. The van der Waals surface area contributed by atoms with E-state index in [0.717, 1.165) is 23.1 Å². The van der Waals surface area contributed by atoms with Gasteiger partial charge in [0.15, 0.2) is 5.82 Å². The number of hydrogen-bond acceptors (Lipinski definition) is 6. The van der Waals surface area contributed by atoms with Crippen LogP contribution in [0.4, 0.5) is 0 Å². The van der Waals surface area contributed by atoms with Crippen molar-refractivity contribution in [2.45, 2.75) is 51.6 Å². The van der Waals surface area contributed by atoms with Crippen molar-refractivity contribution in [3.05, 3.63) is 89.0 Å². The monoisotopic (exact) mass is 469 g/mol. The van der Waals surface area contributed by atoms with E-state index in [1.54, 1.807) is 31.6 Å². The van der Waals surface area contributed by atoms with Crippen LogP contribution in [0, 0.1) is 6.92 Å². The zero-order valence-corrected chi connectivity index (χ0v) is 20.3. The first kappa shape index (κ1) is 24.8. The lowest BCUT2D eigenvalue weighted by molar-refractivity contribution is 0.162. The lowest BCUT2D eigenvalue weighted by Gasteiger charge is -2.28. The average molecular weight is 470 g/mol. The van der Waals surface area contributed by atoms with Gasteiger partial charge in [-0.3, -0.25) is 0 Å². The highest BCUT2D eigenvalue weighted by Gasteiger charge is 2.36. The summed E-state index contributed by atoms with van der Waals surface area (Å²) in [6.07, 6.45) is 2.69. The van der Waals surface area contributed by atoms with Gasteiger partial charge in [-0.1, -0.05) is 43.3 Å². The second-order valence-electron chi connectivity index (χ2n) is 8.10. The lowest BCUT2D eigenvalue weighted by atomic mass is 10.1. The van der Waals surface area contributed by atoms with Crippen LogP contribution in [0.15, 0.2) is 60.9 Å². The summed E-state index contributed by atoms with van der Waals surface area (Å²) in [5, 5.41) is 9.65. The average Bonchev–Trinajstić information content (AvgIpc) is 2.84. The first-order valence-corrected chi connectivity index (χ1v) is 12.4. The lowest BCUT2D eigenvalue weighted by Crippen LogP contribution is -2.40. The fraction of sp³-hybridized carbons (Fsp3) is 0.360. The van der Waals surface area contributed by atoms with Crippen molar-refractivity contribution in [1.29, 1.82) is 0 Å². The van der Waals surface area contributed by atoms with Crippen molar-refractivity contribution >= 4 is 10.0 Å². The van der Waals surface area contributed by atoms with E-state index >= 15 is 0 Å². The molecule has 0 bridgehead atoms. The maximum Gasteiger partial charge on any atom is 0.220 e. The van der Waals surface area contributed by atoms with Crippen molar-refractivity contribution < 1.29 is 18.3 Å². The molecule has 0 amide bonds. The van der Waals surface area contributed by atoms with E-state index in [-0.39, 0.29) is 18.9 Å². The van der Waals surface area contributed by atoms with E-state index in [0.29, 0.717) is 5.75 Å². The van der Waals surface area contributed by atoms with Crippen molar-refractivity contribution in [2.75, 3.05) is 7.11 Å². The number of benzene rings is 2. The molecule has 3 rings (SSSR count). The SMILES string of the molecule is CCc1ccc(CN(Cc2ccc(OC)cc2)S(=O)(=O)[C@@H](C)[C@@H](O)c2ncc(C)cn2)cc1. The van der Waals surface area contributed by atoms with Crippen LogP contribution in [-0.4, -0.2) is 40.2 Å². The molecule has 8 heteroatoms. The Morgan fingerprint density at radius 2 is 1.42 bits per heavy atom. The van der Waals surface area contributed by atoms with E-state index in [1.807, 2.05) is 43.3 Å². The summed E-state index contributed by atoms with van der Waals surface area (Å²) in [7, 11) is -2.33. The fourth-order valence-corrected chi connectivity index (χ4v) is 4.99. The highest BCUT2D eigenvalue weighted by Crippen LogP contribution is 2.26. The summed E-state index contributed by atoms with van der Waals surface area (Å²) in [4.78, 5) is 8.24. The molecule has 0 aliphatic heterocycles. The Morgan fingerprint density at radius 1 is 0.939 bits per heavy atom. The van der Waals surface area contributed by atoms with Crippen molar-refractivity contribution in [3.8, 4) is 5.75 Å². The van der Waals surface area contributed by atoms with Gasteiger partial charge in [-0.05, 0) is 54.7 Å². The molecule has 176 valence electrons. The van der Waals surface area contributed by atoms with Crippen molar-refractivity contribution in [2.24, 2.45) is 0 Å². The first-order chi connectivity index (χ1) is 15.7. The Labute approximate surface area is 196 Å². The standard InChI is InChI=1S/C25H31N3O4S/c1-5-20-6-8-21(9-7-20)16-28(17-22-10-12-23(32-4)13-11-22)33(30,31)19(3)24(29)25-26-14-18(2)15-27-25/h6-15,19,24,29H,5,16-17H2,1-4H3/t19-,24+/m0/s1. The van der Waals surface area contributed by atoms with Gasteiger partial charge >= 0.3 is 0 Å². The Balaban J connectivity index is 1.91. The molecule has 0 saturated heterocycles. The highest BCUT2D eigenvalue weighted by molar-refractivity contribution is 7.89. The minimum atomic E-state index is -3.91. The number of aliphatic hydroxyl groups is 1. The molecule has 2 aromatic carbocycles. The number of aliphatic hydroxyl groups excluding tert-OH is 1. The van der Waals surface area contributed by atoms with Crippen LogP contribution in [0.1, 0.15) is 48.0 Å². The van der Waals surface area contributed by atoms with Gasteiger partial charge < -0.3 is 9.84 Å². The van der Waals surface area contributed by atoms with E-state index in [1.165, 1.54) is 16.8 Å². The summed E-state index contributed by atoms with van der Waals surface area (Å²) >= 11 is 0. The molecule has 0 aliphatic carbocycles. The van der Waals surface area contributed by atoms with Crippen LogP contribution in [0.2, 0.25) is 0 Å². The van der Waals surface area contributed by atoms with Crippen LogP contribution in [0.25, 0.3) is 0 Å². The van der Waals surface area contributed by atoms with E-state index < -0.39 is 21.4 Å². The van der Waals surface area contributed by atoms with Crippen LogP contribution in [0.5, 0.6) is 5.75 Å². The molecule has 1 N–H and O–H groups in total. The third-order valence-electron chi connectivity index (χ3n) is 5.65. The molecular weight excluding hydrogens is 438 g/mol. The van der Waals surface area contributed by atoms with Gasteiger partial charge in [0.25, 0.3) is 0 Å². The van der Waals surface area contributed by atoms with E-state index in [4.69, 9.17) is 4.74 Å². The number of methoxy groups -OCH3 is 1. The Bertz CT molecular complexity index is 1080. The van der Waals surface area contributed by atoms with Crippen molar-refractivity contribution in [1.82, 2.24) is 14.3 Å². The number of aromatic nitrogens is 2. The van der Waals surface area contributed by atoms with Gasteiger partial charge in [0, 0.05) is 25.5 Å². The van der Waals surface area contributed by atoms with Gasteiger partial charge in [-0.25, -0.2) is 18.4 Å². The molecule has 0 fully saturated rings. The summed E-state index contributed by atoms with van der Waals surface area (Å²) in [6.45, 7) is 5.74. The van der Waals surface area contributed by atoms with Crippen LogP contribution in [0.3, 0.4) is 0 Å².